The molecule has 1 atom stereocenters. The van der Waals surface area contributed by atoms with E-state index in [1.807, 2.05) is 13.0 Å². The van der Waals surface area contributed by atoms with Gasteiger partial charge in [-0.2, -0.15) is 0 Å². The van der Waals surface area contributed by atoms with Gasteiger partial charge in [-0.15, -0.1) is 0 Å². The molecule has 1 unspecified atom stereocenters. The molecule has 132 valence electrons. The Bertz CT molecular complexity index is 764. The number of nitrogens with one attached hydrogen (secondary N) is 1. The molecule has 0 aliphatic carbocycles. The Morgan fingerprint density at radius 2 is 1.88 bits per heavy atom. The molecule has 0 fully saturated rings. The van der Waals surface area contributed by atoms with Crippen LogP contribution in [0.5, 0.6) is 5.75 Å². The summed E-state index contributed by atoms with van der Waals surface area (Å²) in [6.45, 7) is 2.91. The van der Waals surface area contributed by atoms with Gasteiger partial charge in [-0.25, -0.2) is 9.18 Å². The first kappa shape index (κ1) is 18.7. The summed E-state index contributed by atoms with van der Waals surface area (Å²) in [5.74, 6) is -1.29. The zero-order valence-electron chi connectivity index (χ0n) is 13.7. The van der Waals surface area contributed by atoms with Crippen LogP contribution in [-0.4, -0.2) is 24.6 Å². The molecule has 0 saturated heterocycles. The molecule has 2 aromatic rings. The number of carbonyl (C=O) groups excluding carboxylic acids is 2. The second kappa shape index (κ2) is 8.48. The summed E-state index contributed by atoms with van der Waals surface area (Å²) >= 11 is 5.97. The third kappa shape index (κ3) is 5.76. The number of aryl methyl sites for hydroxylation is 1. The average molecular weight is 366 g/mol. The topological polar surface area (TPSA) is 64.6 Å². The number of halogens is 2. The zero-order valence-corrected chi connectivity index (χ0v) is 14.5. The maximum atomic E-state index is 12.8. The summed E-state index contributed by atoms with van der Waals surface area (Å²) in [7, 11) is 0. The van der Waals surface area contributed by atoms with Crippen LogP contribution in [0.2, 0.25) is 5.02 Å². The first-order chi connectivity index (χ1) is 11.8. The molecule has 2 rings (SSSR count). The van der Waals surface area contributed by atoms with Crippen molar-refractivity contribution in [2.75, 3.05) is 11.9 Å². The molecular weight excluding hydrogens is 349 g/mol. The van der Waals surface area contributed by atoms with Crippen molar-refractivity contribution in [3.63, 3.8) is 0 Å². The number of ether oxygens (including phenoxy) is 2. The largest absolute Gasteiger partial charge is 0.480 e. The Kier molecular flexibility index (Phi) is 6.36. The highest BCUT2D eigenvalue weighted by molar-refractivity contribution is 6.32. The van der Waals surface area contributed by atoms with Crippen LogP contribution < -0.4 is 10.1 Å². The predicted molar refractivity (Wildman–Crippen MR) is 92.3 cm³/mol. The van der Waals surface area contributed by atoms with Crippen LogP contribution in [0.4, 0.5) is 10.1 Å². The van der Waals surface area contributed by atoms with E-state index in [1.165, 1.54) is 31.2 Å². The lowest BCUT2D eigenvalue weighted by Crippen LogP contribution is -2.31. The van der Waals surface area contributed by atoms with Crippen LogP contribution >= 0.6 is 11.6 Å². The SMILES string of the molecule is Cc1ccc(Cl)c(OCC(=O)OC(C)C(=O)Nc2ccc(F)cc2)c1. The van der Waals surface area contributed by atoms with Gasteiger partial charge in [0.15, 0.2) is 12.7 Å². The monoisotopic (exact) mass is 365 g/mol. The molecule has 2 aromatic carbocycles. The van der Waals surface area contributed by atoms with Crippen LogP contribution in [0.1, 0.15) is 12.5 Å². The number of benzene rings is 2. The summed E-state index contributed by atoms with van der Waals surface area (Å²) in [5.41, 5.74) is 1.33. The minimum atomic E-state index is -1.03. The van der Waals surface area contributed by atoms with E-state index in [-0.39, 0.29) is 6.61 Å². The number of rotatable bonds is 6. The van der Waals surface area contributed by atoms with Gasteiger partial charge in [0.25, 0.3) is 5.91 Å². The smallest absolute Gasteiger partial charge is 0.344 e. The van der Waals surface area contributed by atoms with E-state index in [0.717, 1.165) is 5.56 Å². The normalized spacial score (nSPS) is 11.5. The lowest BCUT2D eigenvalue weighted by molar-refractivity contribution is -0.155. The first-order valence-corrected chi connectivity index (χ1v) is 7.88. The summed E-state index contributed by atoms with van der Waals surface area (Å²) in [4.78, 5) is 23.8. The van der Waals surface area contributed by atoms with Gasteiger partial charge in [0.2, 0.25) is 0 Å². The van der Waals surface area contributed by atoms with Gasteiger partial charge in [0.05, 0.1) is 5.02 Å². The maximum absolute atomic E-state index is 12.8. The van der Waals surface area contributed by atoms with Gasteiger partial charge in [-0.3, -0.25) is 4.79 Å². The van der Waals surface area contributed by atoms with Crippen molar-refractivity contribution in [1.29, 1.82) is 0 Å². The van der Waals surface area contributed by atoms with Crippen molar-refractivity contribution in [3.05, 3.63) is 58.9 Å². The highest BCUT2D eigenvalue weighted by Gasteiger charge is 2.18. The quantitative estimate of drug-likeness (QED) is 0.792. The summed E-state index contributed by atoms with van der Waals surface area (Å²) in [6.07, 6.45) is -1.03. The van der Waals surface area contributed by atoms with Crippen molar-refractivity contribution < 1.29 is 23.5 Å². The molecule has 0 aliphatic rings. The van der Waals surface area contributed by atoms with E-state index in [0.29, 0.717) is 16.5 Å². The summed E-state index contributed by atoms with van der Waals surface area (Å²) in [5, 5.41) is 2.90. The third-order valence-corrected chi connectivity index (χ3v) is 3.53. The molecule has 0 bridgehead atoms. The Morgan fingerprint density at radius 1 is 1.20 bits per heavy atom. The van der Waals surface area contributed by atoms with Crippen molar-refractivity contribution in [1.82, 2.24) is 0 Å². The Labute approximate surface area is 149 Å². The highest BCUT2D eigenvalue weighted by Crippen LogP contribution is 2.25. The number of anilines is 1. The summed E-state index contributed by atoms with van der Waals surface area (Å²) < 4.78 is 23.1. The van der Waals surface area contributed by atoms with E-state index in [4.69, 9.17) is 21.1 Å². The van der Waals surface area contributed by atoms with Gasteiger partial charge in [-0.1, -0.05) is 17.7 Å². The fourth-order valence-corrected chi connectivity index (χ4v) is 2.09. The van der Waals surface area contributed by atoms with Crippen molar-refractivity contribution >= 4 is 29.2 Å². The van der Waals surface area contributed by atoms with Crippen LogP contribution in [0.25, 0.3) is 0 Å². The molecule has 1 N–H and O–H groups in total. The molecular formula is C18H17ClFNO4. The zero-order chi connectivity index (χ0) is 18.4. The second-order valence-corrected chi connectivity index (χ2v) is 5.76. The lowest BCUT2D eigenvalue weighted by Gasteiger charge is -2.14. The van der Waals surface area contributed by atoms with Gasteiger partial charge < -0.3 is 14.8 Å². The minimum absolute atomic E-state index is 0.363. The van der Waals surface area contributed by atoms with Crippen molar-refractivity contribution in [2.24, 2.45) is 0 Å². The van der Waals surface area contributed by atoms with E-state index >= 15 is 0 Å². The molecule has 1 amide bonds. The third-order valence-electron chi connectivity index (χ3n) is 3.22. The Balaban J connectivity index is 1.83. The highest BCUT2D eigenvalue weighted by atomic mass is 35.5. The van der Waals surface area contributed by atoms with Gasteiger partial charge in [0, 0.05) is 5.69 Å². The molecule has 0 radical (unpaired) electrons. The molecule has 0 saturated carbocycles. The second-order valence-electron chi connectivity index (χ2n) is 5.35. The van der Waals surface area contributed by atoms with Gasteiger partial charge >= 0.3 is 5.97 Å². The Morgan fingerprint density at radius 3 is 2.56 bits per heavy atom. The molecule has 0 spiro atoms. The minimum Gasteiger partial charge on any atom is -0.480 e. The Hall–Kier alpha value is -2.60. The molecule has 25 heavy (non-hydrogen) atoms. The van der Waals surface area contributed by atoms with Crippen LogP contribution in [0, 0.1) is 12.7 Å². The average Bonchev–Trinajstić information content (AvgIpc) is 2.57. The van der Waals surface area contributed by atoms with Crippen molar-refractivity contribution in [2.45, 2.75) is 20.0 Å². The van der Waals surface area contributed by atoms with Crippen LogP contribution in [-0.2, 0) is 14.3 Å². The van der Waals surface area contributed by atoms with Gasteiger partial charge in [-0.05, 0) is 55.8 Å². The predicted octanol–water partition coefficient (Wildman–Crippen LogP) is 3.74. The van der Waals surface area contributed by atoms with E-state index < -0.39 is 23.8 Å². The standard InChI is InChI=1S/C18H17ClFNO4/c1-11-3-8-15(19)16(9-11)24-10-17(22)25-12(2)18(23)21-14-6-4-13(20)5-7-14/h3-9,12H,10H2,1-2H3,(H,21,23). The van der Waals surface area contributed by atoms with E-state index in [2.05, 4.69) is 5.32 Å². The molecule has 0 aliphatic heterocycles. The maximum Gasteiger partial charge on any atom is 0.344 e. The van der Waals surface area contributed by atoms with Crippen LogP contribution in [0.3, 0.4) is 0 Å². The number of amides is 1. The number of hydrogen-bond acceptors (Lipinski definition) is 4. The molecule has 5 nitrogen and oxygen atoms in total. The molecule has 7 heteroatoms. The fourth-order valence-electron chi connectivity index (χ4n) is 1.92. The number of carbonyl (C=O) groups is 2. The molecule has 0 aromatic heterocycles. The van der Waals surface area contributed by atoms with Gasteiger partial charge in [0.1, 0.15) is 11.6 Å². The number of esters is 1. The molecule has 0 heterocycles. The van der Waals surface area contributed by atoms with Crippen LogP contribution in [0.15, 0.2) is 42.5 Å². The van der Waals surface area contributed by atoms with Crippen molar-refractivity contribution in [3.8, 4) is 5.75 Å². The van der Waals surface area contributed by atoms with E-state index in [9.17, 15) is 14.0 Å². The summed E-state index contributed by atoms with van der Waals surface area (Å²) in [6, 6.07) is 10.4. The fraction of sp³-hybridized carbons (Fsp3) is 0.222. The number of hydrogen-bond donors (Lipinski definition) is 1. The first-order valence-electron chi connectivity index (χ1n) is 7.50. The lowest BCUT2D eigenvalue weighted by atomic mass is 10.2. The van der Waals surface area contributed by atoms with E-state index in [1.54, 1.807) is 12.1 Å².